The van der Waals surface area contributed by atoms with Gasteiger partial charge in [0.05, 0.1) is 11.4 Å². The Balaban J connectivity index is 3.12. The fourth-order valence-electron chi connectivity index (χ4n) is 3.28. The van der Waals surface area contributed by atoms with E-state index in [0.717, 1.165) is 24.1 Å². The van der Waals surface area contributed by atoms with Crippen molar-refractivity contribution in [3.63, 3.8) is 0 Å². The van der Waals surface area contributed by atoms with Crippen LogP contribution in [0.5, 0.6) is 0 Å². The molecular weight excluding hydrogens is 363 g/mol. The molecule has 0 heterocycles. The lowest BCUT2D eigenvalue weighted by Gasteiger charge is -2.31. The Bertz CT molecular complexity index is 743. The highest BCUT2D eigenvalue weighted by molar-refractivity contribution is 6.05. The third-order valence-electron chi connectivity index (χ3n) is 3.98. The van der Waals surface area contributed by atoms with E-state index in [1.165, 1.54) is 12.1 Å². The zero-order valence-electron chi connectivity index (χ0n) is 17.9. The quantitative estimate of drug-likeness (QED) is 0.458. The number of nitrogens with zero attached hydrogens (tertiary/aromatic N) is 2. The highest BCUT2D eigenvalue weighted by Crippen LogP contribution is 2.33. The fourth-order valence-corrected chi connectivity index (χ4v) is 3.28. The molecule has 0 spiro atoms. The highest BCUT2D eigenvalue weighted by atomic mass is 19.4. The van der Waals surface area contributed by atoms with E-state index in [4.69, 9.17) is 5.73 Å². The molecule has 2 N–H and O–H groups in total. The minimum Gasteiger partial charge on any atom is -0.387 e. The maximum atomic E-state index is 12.7. The van der Waals surface area contributed by atoms with Crippen molar-refractivity contribution in [3.05, 3.63) is 41.5 Å². The van der Waals surface area contributed by atoms with Gasteiger partial charge < -0.3 is 5.73 Å². The van der Waals surface area contributed by atoms with Gasteiger partial charge in [-0.25, -0.2) is 4.99 Å². The largest absolute Gasteiger partial charge is 0.416 e. The van der Waals surface area contributed by atoms with Gasteiger partial charge in [0, 0.05) is 6.54 Å². The van der Waals surface area contributed by atoms with E-state index < -0.39 is 11.7 Å². The average molecular weight is 396 g/mol. The number of alkyl halides is 3. The summed E-state index contributed by atoms with van der Waals surface area (Å²) in [5.41, 5.74) is 6.67. The number of amidine groups is 2. The van der Waals surface area contributed by atoms with Crippen molar-refractivity contribution >= 4 is 17.2 Å². The van der Waals surface area contributed by atoms with E-state index in [2.05, 4.69) is 44.6 Å². The molecule has 156 valence electrons. The Hall–Kier alpha value is -2.11. The van der Waals surface area contributed by atoms with Gasteiger partial charge in [0.15, 0.2) is 0 Å². The molecule has 0 amide bonds. The molecule has 0 radical (unpaired) electrons. The van der Waals surface area contributed by atoms with Gasteiger partial charge >= 0.3 is 6.18 Å². The SMILES string of the molecule is CC(N)=NC(/C=C(\C)c1ccc(C(F)(F)F)cc1)=NCC(C)(C)CC(C)(C)C. The molecule has 0 saturated carbocycles. The standard InChI is InChI=1S/C22H32F3N3/c1-15(17-8-10-18(11-9-17)22(23,24)25)12-19(28-16(2)26)27-14-21(6,7)13-20(3,4)5/h8-12H,13-14H2,1-7H3,(H2,26,27,28)/b15-12+. The van der Waals surface area contributed by atoms with Crippen LogP contribution in [-0.4, -0.2) is 18.2 Å². The number of aliphatic imine (C=N–C) groups is 2. The van der Waals surface area contributed by atoms with E-state index in [1.54, 1.807) is 13.0 Å². The van der Waals surface area contributed by atoms with Crippen LogP contribution >= 0.6 is 0 Å². The topological polar surface area (TPSA) is 50.7 Å². The van der Waals surface area contributed by atoms with E-state index in [9.17, 15) is 13.2 Å². The summed E-state index contributed by atoms with van der Waals surface area (Å²) in [5.74, 6) is 0.850. The third-order valence-corrected chi connectivity index (χ3v) is 3.98. The van der Waals surface area contributed by atoms with Crippen molar-refractivity contribution in [2.24, 2.45) is 26.5 Å². The molecular formula is C22H32F3N3. The Kier molecular flexibility index (Phi) is 7.63. The Morgan fingerprint density at radius 1 is 1.00 bits per heavy atom. The first-order valence-electron chi connectivity index (χ1n) is 9.30. The molecule has 0 saturated heterocycles. The predicted molar refractivity (Wildman–Crippen MR) is 113 cm³/mol. The summed E-state index contributed by atoms with van der Waals surface area (Å²) >= 11 is 0. The number of halogens is 3. The molecule has 0 fully saturated rings. The number of hydrogen-bond acceptors (Lipinski definition) is 1. The van der Waals surface area contributed by atoms with Gasteiger partial charge in [0.2, 0.25) is 0 Å². The first kappa shape index (κ1) is 23.9. The molecule has 1 aromatic carbocycles. The molecule has 0 aliphatic heterocycles. The zero-order valence-corrected chi connectivity index (χ0v) is 17.9. The van der Waals surface area contributed by atoms with E-state index >= 15 is 0 Å². The minimum absolute atomic E-state index is 0.0162. The molecule has 1 aromatic rings. The summed E-state index contributed by atoms with van der Waals surface area (Å²) in [5, 5.41) is 0. The zero-order chi connectivity index (χ0) is 21.8. The van der Waals surface area contributed by atoms with E-state index in [1.807, 2.05) is 6.92 Å². The van der Waals surface area contributed by atoms with Gasteiger partial charge in [-0.3, -0.25) is 4.99 Å². The van der Waals surface area contributed by atoms with Crippen LogP contribution in [0.1, 0.15) is 66.0 Å². The van der Waals surface area contributed by atoms with Crippen LogP contribution in [0.4, 0.5) is 13.2 Å². The van der Waals surface area contributed by atoms with Crippen molar-refractivity contribution in [1.82, 2.24) is 0 Å². The molecule has 0 atom stereocenters. The molecule has 28 heavy (non-hydrogen) atoms. The lowest BCUT2D eigenvalue weighted by Crippen LogP contribution is -2.24. The molecule has 3 nitrogen and oxygen atoms in total. The number of hydrogen-bond donors (Lipinski definition) is 1. The Labute approximate surface area is 166 Å². The third kappa shape index (κ3) is 8.72. The minimum atomic E-state index is -4.34. The van der Waals surface area contributed by atoms with Crippen molar-refractivity contribution in [2.75, 3.05) is 6.54 Å². The van der Waals surface area contributed by atoms with Crippen LogP contribution in [-0.2, 0) is 6.18 Å². The van der Waals surface area contributed by atoms with Crippen LogP contribution < -0.4 is 5.73 Å². The van der Waals surface area contributed by atoms with Crippen LogP contribution in [0.3, 0.4) is 0 Å². The monoisotopic (exact) mass is 395 g/mol. The lowest BCUT2D eigenvalue weighted by molar-refractivity contribution is -0.137. The van der Waals surface area contributed by atoms with Crippen molar-refractivity contribution in [3.8, 4) is 0 Å². The summed E-state index contributed by atoms with van der Waals surface area (Å²) < 4.78 is 38.2. The van der Waals surface area contributed by atoms with Crippen molar-refractivity contribution in [2.45, 2.75) is 61.1 Å². The van der Waals surface area contributed by atoms with E-state index in [-0.39, 0.29) is 10.8 Å². The van der Waals surface area contributed by atoms with Crippen LogP contribution in [0.25, 0.3) is 5.57 Å². The second kappa shape index (κ2) is 8.93. The average Bonchev–Trinajstić information content (AvgIpc) is 2.49. The molecule has 0 aromatic heterocycles. The van der Waals surface area contributed by atoms with Gasteiger partial charge in [-0.1, -0.05) is 46.8 Å². The Morgan fingerprint density at radius 2 is 1.54 bits per heavy atom. The summed E-state index contributed by atoms with van der Waals surface area (Å²) in [4.78, 5) is 8.92. The molecule has 0 unspecified atom stereocenters. The normalized spacial score (nSPS) is 15.1. The lowest BCUT2D eigenvalue weighted by atomic mass is 9.76. The van der Waals surface area contributed by atoms with Crippen molar-refractivity contribution in [1.29, 1.82) is 0 Å². The molecule has 0 aliphatic carbocycles. The van der Waals surface area contributed by atoms with Crippen LogP contribution in [0.15, 0.2) is 40.3 Å². The molecule has 0 aliphatic rings. The Morgan fingerprint density at radius 3 is 1.96 bits per heavy atom. The number of allylic oxidation sites excluding steroid dienone is 1. The maximum absolute atomic E-state index is 12.7. The second-order valence-corrected chi connectivity index (χ2v) is 9.23. The van der Waals surface area contributed by atoms with Crippen LogP contribution in [0.2, 0.25) is 0 Å². The summed E-state index contributed by atoms with van der Waals surface area (Å²) in [7, 11) is 0. The predicted octanol–water partition coefficient (Wildman–Crippen LogP) is 6.35. The molecule has 0 bridgehead atoms. The van der Waals surface area contributed by atoms with E-state index in [0.29, 0.717) is 23.8 Å². The highest BCUT2D eigenvalue weighted by Gasteiger charge is 2.30. The fraction of sp³-hybridized carbons (Fsp3) is 0.545. The molecule has 6 heteroatoms. The van der Waals surface area contributed by atoms with Gasteiger partial charge in [-0.15, -0.1) is 0 Å². The smallest absolute Gasteiger partial charge is 0.387 e. The summed E-state index contributed by atoms with van der Waals surface area (Å²) in [6.45, 7) is 15.0. The number of benzene rings is 1. The first-order valence-corrected chi connectivity index (χ1v) is 9.30. The van der Waals surface area contributed by atoms with Crippen molar-refractivity contribution < 1.29 is 13.2 Å². The number of rotatable bonds is 5. The molecule has 1 rings (SSSR count). The van der Waals surface area contributed by atoms with Crippen LogP contribution in [0, 0.1) is 10.8 Å². The first-order chi connectivity index (χ1) is 12.6. The van der Waals surface area contributed by atoms with Gasteiger partial charge in [-0.2, -0.15) is 13.2 Å². The second-order valence-electron chi connectivity index (χ2n) is 9.23. The maximum Gasteiger partial charge on any atom is 0.416 e. The van der Waals surface area contributed by atoms with Gasteiger partial charge in [0.25, 0.3) is 0 Å². The van der Waals surface area contributed by atoms with Gasteiger partial charge in [-0.05, 0) is 60.4 Å². The van der Waals surface area contributed by atoms with Gasteiger partial charge in [0.1, 0.15) is 5.84 Å². The summed E-state index contributed by atoms with van der Waals surface area (Å²) in [6.07, 6.45) is -1.60. The summed E-state index contributed by atoms with van der Waals surface area (Å²) in [6, 6.07) is 5.06. The number of nitrogens with two attached hydrogens (primary N) is 1.